The fraction of sp³-hybridized carbons (Fsp3) is 0.364. The summed E-state index contributed by atoms with van der Waals surface area (Å²) in [6.07, 6.45) is 0.885. The predicted octanol–water partition coefficient (Wildman–Crippen LogP) is 1.28. The number of hydrogen-bond donors (Lipinski definition) is 2. The number of aryl methyl sites for hydroxylation is 1. The average molecular weight is 226 g/mol. The van der Waals surface area contributed by atoms with Gasteiger partial charge < -0.3 is 4.74 Å². The molecular formula is C11H15FN2O2. The molecule has 0 aliphatic rings. The van der Waals surface area contributed by atoms with E-state index in [9.17, 15) is 9.18 Å². The standard InChI is InChI=1S/C11H15FN2O2/c1-8-7-9(4-5-10(8)12)16-6-2-3-11(15)14-13/h4-5,7H,2-3,6,13H2,1H3,(H,14,15). The summed E-state index contributed by atoms with van der Waals surface area (Å²) < 4.78 is 18.3. The van der Waals surface area contributed by atoms with Gasteiger partial charge in [0.05, 0.1) is 6.61 Å². The van der Waals surface area contributed by atoms with Gasteiger partial charge in [-0.05, 0) is 37.1 Å². The van der Waals surface area contributed by atoms with Crippen LogP contribution in [0, 0.1) is 12.7 Å². The van der Waals surface area contributed by atoms with E-state index in [4.69, 9.17) is 10.6 Å². The maximum atomic E-state index is 12.9. The number of carbonyl (C=O) groups is 1. The molecule has 0 radical (unpaired) electrons. The van der Waals surface area contributed by atoms with Crippen LogP contribution in [0.3, 0.4) is 0 Å². The molecule has 16 heavy (non-hydrogen) atoms. The molecule has 0 bridgehead atoms. The van der Waals surface area contributed by atoms with Crippen molar-refractivity contribution in [2.75, 3.05) is 6.61 Å². The van der Waals surface area contributed by atoms with E-state index in [0.29, 0.717) is 30.8 Å². The number of amides is 1. The first-order valence-electron chi connectivity index (χ1n) is 5.02. The number of benzene rings is 1. The van der Waals surface area contributed by atoms with E-state index in [0.717, 1.165) is 0 Å². The molecule has 1 amide bonds. The van der Waals surface area contributed by atoms with E-state index in [1.54, 1.807) is 19.1 Å². The number of hydrogen-bond acceptors (Lipinski definition) is 3. The largest absolute Gasteiger partial charge is 0.494 e. The van der Waals surface area contributed by atoms with Crippen LogP contribution in [-0.4, -0.2) is 12.5 Å². The highest BCUT2D eigenvalue weighted by Gasteiger charge is 2.01. The number of ether oxygens (including phenoxy) is 1. The molecule has 0 saturated heterocycles. The lowest BCUT2D eigenvalue weighted by atomic mass is 10.2. The summed E-state index contributed by atoms with van der Waals surface area (Å²) in [5.41, 5.74) is 2.58. The Morgan fingerprint density at radius 1 is 1.56 bits per heavy atom. The van der Waals surface area contributed by atoms with Crippen molar-refractivity contribution in [3.05, 3.63) is 29.6 Å². The molecule has 0 fully saturated rings. The first kappa shape index (κ1) is 12.4. The summed E-state index contributed by atoms with van der Waals surface area (Å²) in [7, 11) is 0. The minimum absolute atomic E-state index is 0.223. The van der Waals surface area contributed by atoms with E-state index < -0.39 is 0 Å². The molecular weight excluding hydrogens is 211 g/mol. The number of nitrogens with two attached hydrogens (primary N) is 1. The molecule has 0 unspecified atom stereocenters. The lowest BCUT2D eigenvalue weighted by molar-refractivity contribution is -0.121. The maximum Gasteiger partial charge on any atom is 0.234 e. The van der Waals surface area contributed by atoms with Crippen molar-refractivity contribution in [1.82, 2.24) is 5.43 Å². The topological polar surface area (TPSA) is 64.3 Å². The third kappa shape index (κ3) is 3.86. The second-order valence-corrected chi connectivity index (χ2v) is 3.43. The van der Waals surface area contributed by atoms with Gasteiger partial charge in [-0.25, -0.2) is 10.2 Å². The van der Waals surface area contributed by atoms with Gasteiger partial charge in [0, 0.05) is 6.42 Å². The summed E-state index contributed by atoms with van der Waals surface area (Å²) in [5, 5.41) is 0. The highest BCUT2D eigenvalue weighted by atomic mass is 19.1. The van der Waals surface area contributed by atoms with Crippen LogP contribution in [0.1, 0.15) is 18.4 Å². The summed E-state index contributed by atoms with van der Waals surface area (Å²) in [4.78, 5) is 10.8. The van der Waals surface area contributed by atoms with Gasteiger partial charge in [-0.2, -0.15) is 0 Å². The molecule has 4 nitrogen and oxygen atoms in total. The number of nitrogens with one attached hydrogen (secondary N) is 1. The first-order chi connectivity index (χ1) is 7.63. The quantitative estimate of drug-likeness (QED) is 0.344. The molecule has 1 aromatic rings. The van der Waals surface area contributed by atoms with Crippen molar-refractivity contribution in [2.24, 2.45) is 5.84 Å². The monoisotopic (exact) mass is 226 g/mol. The number of hydrazine groups is 1. The Labute approximate surface area is 93.6 Å². The SMILES string of the molecule is Cc1cc(OCCCC(=O)NN)ccc1F. The predicted molar refractivity (Wildman–Crippen MR) is 58.2 cm³/mol. The molecule has 88 valence electrons. The van der Waals surface area contributed by atoms with E-state index in [2.05, 4.69) is 0 Å². The zero-order chi connectivity index (χ0) is 12.0. The number of halogens is 1. The lowest BCUT2D eigenvalue weighted by Gasteiger charge is -2.06. The van der Waals surface area contributed by atoms with Crippen LogP contribution in [0.15, 0.2) is 18.2 Å². The van der Waals surface area contributed by atoms with Crippen LogP contribution in [0.5, 0.6) is 5.75 Å². The van der Waals surface area contributed by atoms with Crippen molar-refractivity contribution < 1.29 is 13.9 Å². The van der Waals surface area contributed by atoms with Gasteiger partial charge in [-0.3, -0.25) is 10.2 Å². The zero-order valence-corrected chi connectivity index (χ0v) is 9.13. The Hall–Kier alpha value is -1.62. The molecule has 5 heteroatoms. The number of rotatable bonds is 5. The molecule has 1 rings (SSSR count). The van der Waals surface area contributed by atoms with Crippen LogP contribution in [0.2, 0.25) is 0 Å². The Bertz CT molecular complexity index is 369. The second-order valence-electron chi connectivity index (χ2n) is 3.43. The molecule has 0 spiro atoms. The van der Waals surface area contributed by atoms with E-state index in [1.165, 1.54) is 6.07 Å². The van der Waals surface area contributed by atoms with E-state index in [-0.39, 0.29) is 11.7 Å². The molecule has 0 saturated carbocycles. The Balaban J connectivity index is 2.32. The molecule has 1 aromatic carbocycles. The van der Waals surface area contributed by atoms with Gasteiger partial charge in [0.1, 0.15) is 11.6 Å². The van der Waals surface area contributed by atoms with Crippen LogP contribution < -0.4 is 16.0 Å². The first-order valence-corrected chi connectivity index (χ1v) is 5.02. The number of carbonyl (C=O) groups excluding carboxylic acids is 1. The minimum Gasteiger partial charge on any atom is -0.494 e. The molecule has 0 aromatic heterocycles. The third-order valence-corrected chi connectivity index (χ3v) is 2.11. The van der Waals surface area contributed by atoms with E-state index >= 15 is 0 Å². The van der Waals surface area contributed by atoms with Crippen LogP contribution in [0.25, 0.3) is 0 Å². The highest BCUT2D eigenvalue weighted by Crippen LogP contribution is 2.16. The average Bonchev–Trinajstić information content (AvgIpc) is 2.28. The Morgan fingerprint density at radius 3 is 2.94 bits per heavy atom. The summed E-state index contributed by atoms with van der Waals surface area (Å²) >= 11 is 0. The van der Waals surface area contributed by atoms with Gasteiger partial charge in [-0.15, -0.1) is 0 Å². The summed E-state index contributed by atoms with van der Waals surface area (Å²) in [6, 6.07) is 4.54. The fourth-order valence-electron chi connectivity index (χ4n) is 1.20. The molecule has 0 heterocycles. The van der Waals surface area contributed by atoms with Crippen LogP contribution >= 0.6 is 0 Å². The summed E-state index contributed by atoms with van der Waals surface area (Å²) in [5.74, 6) is 5.05. The van der Waals surface area contributed by atoms with E-state index in [1.807, 2.05) is 5.43 Å². The van der Waals surface area contributed by atoms with Gasteiger partial charge in [-0.1, -0.05) is 0 Å². The second kappa shape index (κ2) is 6.07. The van der Waals surface area contributed by atoms with Gasteiger partial charge >= 0.3 is 0 Å². The highest BCUT2D eigenvalue weighted by molar-refractivity contribution is 5.75. The summed E-state index contributed by atoms with van der Waals surface area (Å²) in [6.45, 7) is 2.07. The van der Waals surface area contributed by atoms with Gasteiger partial charge in [0.15, 0.2) is 0 Å². The van der Waals surface area contributed by atoms with Crippen LogP contribution in [-0.2, 0) is 4.79 Å². The van der Waals surface area contributed by atoms with Crippen LogP contribution in [0.4, 0.5) is 4.39 Å². The molecule has 0 aliphatic carbocycles. The lowest BCUT2D eigenvalue weighted by Crippen LogP contribution is -2.29. The maximum absolute atomic E-state index is 12.9. The van der Waals surface area contributed by atoms with Gasteiger partial charge in [0.2, 0.25) is 5.91 Å². The van der Waals surface area contributed by atoms with Crippen molar-refractivity contribution in [3.8, 4) is 5.75 Å². The van der Waals surface area contributed by atoms with Crippen molar-refractivity contribution in [1.29, 1.82) is 0 Å². The van der Waals surface area contributed by atoms with Gasteiger partial charge in [0.25, 0.3) is 0 Å². The minimum atomic E-state index is -0.255. The molecule has 0 aliphatic heterocycles. The Morgan fingerprint density at radius 2 is 2.31 bits per heavy atom. The molecule has 0 atom stereocenters. The smallest absolute Gasteiger partial charge is 0.234 e. The molecule has 3 N–H and O–H groups in total. The van der Waals surface area contributed by atoms with Crippen molar-refractivity contribution >= 4 is 5.91 Å². The van der Waals surface area contributed by atoms with Crippen molar-refractivity contribution in [3.63, 3.8) is 0 Å². The zero-order valence-electron chi connectivity index (χ0n) is 9.13. The fourth-order valence-corrected chi connectivity index (χ4v) is 1.20. The van der Waals surface area contributed by atoms with Crippen molar-refractivity contribution in [2.45, 2.75) is 19.8 Å². The Kier molecular flexibility index (Phi) is 4.72. The normalized spacial score (nSPS) is 9.94. The third-order valence-electron chi connectivity index (χ3n) is 2.11.